The first kappa shape index (κ1) is 16.4. The summed E-state index contributed by atoms with van der Waals surface area (Å²) < 4.78 is 6.29. The first-order chi connectivity index (χ1) is 11.9. The molecular formula is C22H23NO. The Morgan fingerprint density at radius 1 is 0.875 bits per heavy atom. The Morgan fingerprint density at radius 3 is 2.38 bits per heavy atom. The third kappa shape index (κ3) is 4.09. The highest BCUT2D eigenvalue weighted by Gasteiger charge is 2.16. The highest BCUT2D eigenvalue weighted by Crippen LogP contribution is 2.32. The van der Waals surface area contributed by atoms with Crippen LogP contribution in [-0.2, 0) is 11.3 Å². The number of rotatable bonds is 7. The van der Waals surface area contributed by atoms with Gasteiger partial charge in [-0.25, -0.2) is 0 Å². The summed E-state index contributed by atoms with van der Waals surface area (Å²) in [5.74, 6) is 0. The summed E-state index contributed by atoms with van der Waals surface area (Å²) in [6.45, 7) is 2.82. The number of hydrogen-bond acceptors (Lipinski definition) is 2. The van der Waals surface area contributed by atoms with Crippen molar-refractivity contribution in [1.82, 2.24) is 4.98 Å². The molecule has 1 unspecified atom stereocenters. The van der Waals surface area contributed by atoms with Crippen LogP contribution in [0.25, 0.3) is 11.3 Å². The van der Waals surface area contributed by atoms with Gasteiger partial charge >= 0.3 is 0 Å². The topological polar surface area (TPSA) is 22.1 Å². The maximum atomic E-state index is 6.29. The van der Waals surface area contributed by atoms with Crippen molar-refractivity contribution in [3.05, 3.63) is 90.1 Å². The summed E-state index contributed by atoms with van der Waals surface area (Å²) in [6, 6.07) is 24.8. The molecule has 24 heavy (non-hydrogen) atoms. The van der Waals surface area contributed by atoms with Crippen LogP contribution < -0.4 is 0 Å². The van der Waals surface area contributed by atoms with Gasteiger partial charge in [0.2, 0.25) is 0 Å². The van der Waals surface area contributed by atoms with Gasteiger partial charge in [0, 0.05) is 11.8 Å². The lowest BCUT2D eigenvalue weighted by atomic mass is 9.96. The highest BCUT2D eigenvalue weighted by atomic mass is 16.5. The third-order valence-corrected chi connectivity index (χ3v) is 4.09. The summed E-state index contributed by atoms with van der Waals surface area (Å²) >= 11 is 0. The Kier molecular flexibility index (Phi) is 5.75. The molecular weight excluding hydrogens is 294 g/mol. The van der Waals surface area contributed by atoms with Crippen molar-refractivity contribution >= 4 is 0 Å². The van der Waals surface area contributed by atoms with Crippen LogP contribution >= 0.6 is 0 Å². The van der Waals surface area contributed by atoms with Crippen LogP contribution in [0.3, 0.4) is 0 Å². The van der Waals surface area contributed by atoms with Crippen molar-refractivity contribution < 1.29 is 4.74 Å². The van der Waals surface area contributed by atoms with Crippen LogP contribution in [0.15, 0.2) is 79.0 Å². The number of ether oxygens (including phenoxy) is 1. The molecule has 0 aliphatic heterocycles. The van der Waals surface area contributed by atoms with E-state index in [4.69, 9.17) is 4.74 Å². The van der Waals surface area contributed by atoms with Crippen molar-refractivity contribution in [2.24, 2.45) is 0 Å². The second-order valence-electron chi connectivity index (χ2n) is 5.88. The third-order valence-electron chi connectivity index (χ3n) is 4.09. The normalized spacial score (nSPS) is 12.0. The second kappa shape index (κ2) is 8.42. The summed E-state index contributed by atoms with van der Waals surface area (Å²) in [5.41, 5.74) is 4.57. The molecule has 122 valence electrons. The fourth-order valence-corrected chi connectivity index (χ4v) is 2.89. The standard InChI is InChI=1S/C22H23NO/c1-2-10-22(24-17-18-11-4-3-5-12-18)20-14-7-6-13-19(20)21-15-8-9-16-23-21/h3-9,11-16,22H,2,10,17H2,1H3. The van der Waals surface area contributed by atoms with Gasteiger partial charge in [0.25, 0.3) is 0 Å². The number of benzene rings is 2. The van der Waals surface area contributed by atoms with Crippen molar-refractivity contribution in [3.63, 3.8) is 0 Å². The lowest BCUT2D eigenvalue weighted by molar-refractivity contribution is 0.0337. The van der Waals surface area contributed by atoms with Gasteiger partial charge in [0.05, 0.1) is 18.4 Å². The largest absolute Gasteiger partial charge is 0.369 e. The van der Waals surface area contributed by atoms with Crippen LogP contribution in [0.5, 0.6) is 0 Å². The molecule has 0 saturated carbocycles. The molecule has 3 aromatic rings. The lowest BCUT2D eigenvalue weighted by Gasteiger charge is -2.21. The van der Waals surface area contributed by atoms with Gasteiger partial charge in [-0.05, 0) is 29.7 Å². The molecule has 1 atom stereocenters. The Morgan fingerprint density at radius 2 is 1.62 bits per heavy atom. The zero-order valence-electron chi connectivity index (χ0n) is 14.1. The summed E-state index contributed by atoms with van der Waals surface area (Å²) in [4.78, 5) is 4.51. The zero-order valence-corrected chi connectivity index (χ0v) is 14.1. The monoisotopic (exact) mass is 317 g/mol. The Balaban J connectivity index is 1.86. The first-order valence-electron chi connectivity index (χ1n) is 8.54. The predicted molar refractivity (Wildman–Crippen MR) is 98.6 cm³/mol. The van der Waals surface area contributed by atoms with E-state index in [-0.39, 0.29) is 6.10 Å². The van der Waals surface area contributed by atoms with Crippen LogP contribution in [0.2, 0.25) is 0 Å². The van der Waals surface area contributed by atoms with E-state index in [9.17, 15) is 0 Å². The van der Waals surface area contributed by atoms with Gasteiger partial charge in [-0.15, -0.1) is 0 Å². The summed E-state index contributed by atoms with van der Waals surface area (Å²) in [7, 11) is 0. The molecule has 0 N–H and O–H groups in total. The molecule has 0 amide bonds. The quantitative estimate of drug-likeness (QED) is 0.549. The minimum atomic E-state index is 0.0772. The molecule has 0 aliphatic rings. The van der Waals surface area contributed by atoms with E-state index in [2.05, 4.69) is 66.5 Å². The number of hydrogen-bond donors (Lipinski definition) is 0. The molecule has 0 radical (unpaired) electrons. The van der Waals surface area contributed by atoms with E-state index in [0.717, 1.165) is 24.1 Å². The average molecular weight is 317 g/mol. The summed E-state index contributed by atoms with van der Waals surface area (Å²) in [5, 5.41) is 0. The highest BCUT2D eigenvalue weighted by molar-refractivity contribution is 5.64. The van der Waals surface area contributed by atoms with Crippen molar-refractivity contribution in [1.29, 1.82) is 0 Å². The van der Waals surface area contributed by atoms with Gasteiger partial charge in [-0.2, -0.15) is 0 Å². The number of pyridine rings is 1. The number of nitrogens with zero attached hydrogens (tertiary/aromatic N) is 1. The SMILES string of the molecule is CCCC(OCc1ccccc1)c1ccccc1-c1ccccn1. The van der Waals surface area contributed by atoms with Gasteiger partial charge in [0.1, 0.15) is 0 Å². The van der Waals surface area contributed by atoms with Gasteiger partial charge in [-0.3, -0.25) is 4.98 Å². The maximum absolute atomic E-state index is 6.29. The van der Waals surface area contributed by atoms with Crippen molar-refractivity contribution in [3.8, 4) is 11.3 Å². The smallest absolute Gasteiger partial charge is 0.0836 e. The Bertz CT molecular complexity index is 740. The minimum absolute atomic E-state index is 0.0772. The lowest BCUT2D eigenvalue weighted by Crippen LogP contribution is -2.06. The van der Waals surface area contributed by atoms with E-state index in [1.54, 1.807) is 0 Å². The van der Waals surface area contributed by atoms with Crippen LogP contribution in [0.1, 0.15) is 37.0 Å². The second-order valence-corrected chi connectivity index (χ2v) is 5.88. The maximum Gasteiger partial charge on any atom is 0.0836 e. The van der Waals surface area contributed by atoms with Crippen LogP contribution in [0.4, 0.5) is 0 Å². The molecule has 0 spiro atoms. The first-order valence-corrected chi connectivity index (χ1v) is 8.54. The van der Waals surface area contributed by atoms with Crippen molar-refractivity contribution in [2.45, 2.75) is 32.5 Å². The molecule has 3 rings (SSSR count). The van der Waals surface area contributed by atoms with Crippen LogP contribution in [0, 0.1) is 0 Å². The zero-order chi connectivity index (χ0) is 16.6. The molecule has 0 aliphatic carbocycles. The summed E-state index contributed by atoms with van der Waals surface area (Å²) in [6.07, 6.45) is 3.99. The van der Waals surface area contributed by atoms with E-state index in [1.165, 1.54) is 11.1 Å². The molecule has 1 heterocycles. The van der Waals surface area contributed by atoms with Gasteiger partial charge in [-0.1, -0.05) is 74.0 Å². The van der Waals surface area contributed by atoms with Crippen LogP contribution in [-0.4, -0.2) is 4.98 Å². The fourth-order valence-electron chi connectivity index (χ4n) is 2.89. The fraction of sp³-hybridized carbons (Fsp3) is 0.227. The van der Waals surface area contributed by atoms with Gasteiger partial charge in [0.15, 0.2) is 0 Å². The van der Waals surface area contributed by atoms with Crippen molar-refractivity contribution in [2.75, 3.05) is 0 Å². The molecule has 0 fully saturated rings. The van der Waals surface area contributed by atoms with E-state index in [0.29, 0.717) is 6.61 Å². The van der Waals surface area contributed by atoms with Gasteiger partial charge < -0.3 is 4.74 Å². The Labute approximate surface area is 144 Å². The molecule has 2 nitrogen and oxygen atoms in total. The van der Waals surface area contributed by atoms with E-state index >= 15 is 0 Å². The molecule has 1 aromatic heterocycles. The average Bonchev–Trinajstić information content (AvgIpc) is 2.67. The van der Waals surface area contributed by atoms with E-state index in [1.807, 2.05) is 24.4 Å². The van der Waals surface area contributed by atoms with E-state index < -0.39 is 0 Å². The molecule has 2 heteroatoms. The molecule has 0 bridgehead atoms. The minimum Gasteiger partial charge on any atom is -0.369 e. The Hall–Kier alpha value is -2.45. The number of aromatic nitrogens is 1. The molecule has 0 saturated heterocycles. The molecule has 2 aromatic carbocycles. The predicted octanol–water partition coefficient (Wildman–Crippen LogP) is 5.81.